The molecule has 2 rings (SSSR count). The van der Waals surface area contributed by atoms with E-state index in [0.29, 0.717) is 12.0 Å². The van der Waals surface area contributed by atoms with Gasteiger partial charge >= 0.3 is 5.97 Å². The Morgan fingerprint density at radius 1 is 1.44 bits per heavy atom. The summed E-state index contributed by atoms with van der Waals surface area (Å²) < 4.78 is 13.2. The molecule has 0 aliphatic heterocycles. The van der Waals surface area contributed by atoms with Crippen molar-refractivity contribution in [2.45, 2.75) is 25.7 Å². The lowest BCUT2D eigenvalue weighted by Crippen LogP contribution is -2.25. The Morgan fingerprint density at radius 2 is 2.00 bits per heavy atom. The van der Waals surface area contributed by atoms with Gasteiger partial charge in [0.15, 0.2) is 0 Å². The number of benzene rings is 1. The summed E-state index contributed by atoms with van der Waals surface area (Å²) >= 11 is 5.75. The van der Waals surface area contributed by atoms with Crippen molar-refractivity contribution in [1.29, 1.82) is 0 Å². The summed E-state index contributed by atoms with van der Waals surface area (Å²) in [6.45, 7) is 3.72. The molecule has 86 valence electrons. The molecule has 0 amide bonds. The zero-order valence-corrected chi connectivity index (χ0v) is 9.81. The molecule has 1 saturated carbocycles. The van der Waals surface area contributed by atoms with Gasteiger partial charge in [0.1, 0.15) is 5.82 Å². The molecule has 1 aliphatic rings. The zero-order chi connectivity index (χ0) is 12.1. The number of hydrogen-bond donors (Lipinski definition) is 1. The summed E-state index contributed by atoms with van der Waals surface area (Å²) in [6, 6.07) is 3.97. The minimum absolute atomic E-state index is 0.235. The summed E-state index contributed by atoms with van der Waals surface area (Å²) in [5.74, 6) is -1.41. The van der Waals surface area contributed by atoms with Crippen molar-refractivity contribution in [2.24, 2.45) is 5.41 Å². The summed E-state index contributed by atoms with van der Waals surface area (Å²) in [5, 5.41) is 9.54. The molecule has 1 aliphatic carbocycles. The zero-order valence-electron chi connectivity index (χ0n) is 9.05. The van der Waals surface area contributed by atoms with Gasteiger partial charge in [-0.25, -0.2) is 4.39 Å². The van der Waals surface area contributed by atoms with Crippen LogP contribution in [0.25, 0.3) is 0 Å². The lowest BCUT2D eigenvalue weighted by atomic mass is 9.88. The minimum atomic E-state index is -0.987. The average Bonchev–Trinajstić information content (AvgIpc) is 2.69. The van der Waals surface area contributed by atoms with Crippen LogP contribution in [-0.4, -0.2) is 11.1 Å². The van der Waals surface area contributed by atoms with Crippen LogP contribution in [0.2, 0.25) is 5.02 Å². The van der Waals surface area contributed by atoms with Gasteiger partial charge in [-0.05, 0) is 35.6 Å². The Labute approximate surface area is 98.0 Å². The second-order valence-electron chi connectivity index (χ2n) is 4.93. The maximum Gasteiger partial charge on any atom is 0.314 e. The summed E-state index contributed by atoms with van der Waals surface area (Å²) in [4.78, 5) is 11.4. The van der Waals surface area contributed by atoms with Crippen LogP contribution in [0, 0.1) is 11.2 Å². The van der Waals surface area contributed by atoms with Crippen molar-refractivity contribution in [3.8, 4) is 0 Å². The fraction of sp³-hybridized carbons (Fsp3) is 0.417. The first-order chi connectivity index (χ1) is 7.29. The van der Waals surface area contributed by atoms with E-state index in [-0.39, 0.29) is 10.4 Å². The maximum atomic E-state index is 13.2. The lowest BCUT2D eigenvalue weighted by Gasteiger charge is -2.16. The van der Waals surface area contributed by atoms with Crippen LogP contribution in [-0.2, 0) is 10.2 Å². The average molecular weight is 243 g/mol. The van der Waals surface area contributed by atoms with Gasteiger partial charge in [0.25, 0.3) is 0 Å². The first-order valence-corrected chi connectivity index (χ1v) is 5.37. The van der Waals surface area contributed by atoms with Gasteiger partial charge in [0.05, 0.1) is 5.41 Å². The highest BCUT2D eigenvalue weighted by atomic mass is 35.5. The summed E-state index contributed by atoms with van der Waals surface area (Å²) in [6.07, 6.45) is 0.509. The third-order valence-corrected chi connectivity index (χ3v) is 3.68. The first kappa shape index (κ1) is 11.4. The molecule has 1 atom stereocenters. The topological polar surface area (TPSA) is 37.3 Å². The highest BCUT2D eigenvalue weighted by molar-refractivity contribution is 6.30. The molecule has 0 aromatic heterocycles. The Hall–Kier alpha value is -1.09. The van der Waals surface area contributed by atoms with E-state index in [2.05, 4.69) is 0 Å². The number of carbonyl (C=O) groups is 1. The Bertz CT molecular complexity index is 450. The van der Waals surface area contributed by atoms with Gasteiger partial charge < -0.3 is 5.11 Å². The Kier molecular flexibility index (Phi) is 2.28. The molecule has 0 saturated heterocycles. The number of aliphatic carboxylic acids is 1. The quantitative estimate of drug-likeness (QED) is 0.865. The molecule has 1 unspecified atom stereocenters. The van der Waals surface area contributed by atoms with Crippen molar-refractivity contribution in [3.63, 3.8) is 0 Å². The van der Waals surface area contributed by atoms with Gasteiger partial charge in [0.2, 0.25) is 0 Å². The fourth-order valence-corrected chi connectivity index (χ4v) is 2.62. The standard InChI is InChI=1S/C12H12ClFO2/c1-11(2)6-12(11,10(15)16)7-3-8(13)5-9(14)4-7/h3-5H,6H2,1-2H3,(H,15,16). The van der Waals surface area contributed by atoms with Gasteiger partial charge in [-0.2, -0.15) is 0 Å². The molecular formula is C12H12ClFO2. The highest BCUT2D eigenvalue weighted by Gasteiger charge is 2.67. The summed E-state index contributed by atoms with van der Waals surface area (Å²) in [5.41, 5.74) is -0.885. The molecule has 1 N–H and O–H groups in total. The van der Waals surface area contributed by atoms with E-state index in [1.54, 1.807) is 0 Å². The van der Waals surface area contributed by atoms with E-state index in [0.717, 1.165) is 0 Å². The van der Waals surface area contributed by atoms with Crippen LogP contribution in [0.4, 0.5) is 4.39 Å². The van der Waals surface area contributed by atoms with E-state index in [1.807, 2.05) is 13.8 Å². The van der Waals surface area contributed by atoms with Crippen LogP contribution >= 0.6 is 11.6 Å². The smallest absolute Gasteiger partial charge is 0.314 e. The molecule has 1 fully saturated rings. The monoisotopic (exact) mass is 242 g/mol. The second-order valence-corrected chi connectivity index (χ2v) is 5.37. The third-order valence-electron chi connectivity index (χ3n) is 3.46. The van der Waals surface area contributed by atoms with E-state index in [4.69, 9.17) is 11.6 Å². The number of rotatable bonds is 2. The molecule has 4 heteroatoms. The minimum Gasteiger partial charge on any atom is -0.481 e. The molecule has 16 heavy (non-hydrogen) atoms. The fourth-order valence-electron chi connectivity index (χ4n) is 2.40. The summed E-state index contributed by atoms with van der Waals surface area (Å²) in [7, 11) is 0. The molecule has 1 aromatic carbocycles. The van der Waals surface area contributed by atoms with Crippen molar-refractivity contribution >= 4 is 17.6 Å². The van der Waals surface area contributed by atoms with Crippen molar-refractivity contribution in [3.05, 3.63) is 34.6 Å². The SMILES string of the molecule is CC1(C)CC1(C(=O)O)c1cc(F)cc(Cl)c1. The second kappa shape index (κ2) is 3.20. The van der Waals surface area contributed by atoms with Crippen molar-refractivity contribution in [2.75, 3.05) is 0 Å². The molecule has 0 spiro atoms. The van der Waals surface area contributed by atoms with Crippen molar-refractivity contribution < 1.29 is 14.3 Å². The third kappa shape index (κ3) is 1.42. The van der Waals surface area contributed by atoms with Gasteiger partial charge in [0, 0.05) is 5.02 Å². The van der Waals surface area contributed by atoms with Crippen LogP contribution < -0.4 is 0 Å². The predicted molar refractivity (Wildman–Crippen MR) is 59.1 cm³/mol. The highest BCUT2D eigenvalue weighted by Crippen LogP contribution is 2.64. The number of hydrogen-bond acceptors (Lipinski definition) is 1. The molecular weight excluding hydrogens is 231 g/mol. The predicted octanol–water partition coefficient (Wildman–Crippen LogP) is 3.23. The van der Waals surface area contributed by atoms with Crippen molar-refractivity contribution in [1.82, 2.24) is 0 Å². The Morgan fingerprint density at radius 3 is 2.38 bits per heavy atom. The van der Waals surface area contributed by atoms with E-state index in [1.165, 1.54) is 18.2 Å². The number of halogens is 2. The van der Waals surface area contributed by atoms with Gasteiger partial charge in [-0.15, -0.1) is 0 Å². The van der Waals surface area contributed by atoms with Gasteiger partial charge in [-0.1, -0.05) is 25.4 Å². The lowest BCUT2D eigenvalue weighted by molar-refractivity contribution is -0.141. The van der Waals surface area contributed by atoms with Crippen LogP contribution in [0.15, 0.2) is 18.2 Å². The Balaban J connectivity index is 2.55. The van der Waals surface area contributed by atoms with E-state index in [9.17, 15) is 14.3 Å². The normalized spacial score (nSPS) is 26.5. The molecule has 0 heterocycles. The van der Waals surface area contributed by atoms with Crippen LogP contribution in [0.3, 0.4) is 0 Å². The number of carboxylic acids is 1. The maximum absolute atomic E-state index is 13.2. The molecule has 2 nitrogen and oxygen atoms in total. The van der Waals surface area contributed by atoms with Gasteiger partial charge in [-0.3, -0.25) is 4.79 Å². The van der Waals surface area contributed by atoms with Crippen LogP contribution in [0.5, 0.6) is 0 Å². The molecule has 1 aromatic rings. The van der Waals surface area contributed by atoms with Crippen LogP contribution in [0.1, 0.15) is 25.8 Å². The van der Waals surface area contributed by atoms with E-state index >= 15 is 0 Å². The molecule has 0 radical (unpaired) electrons. The van der Waals surface area contributed by atoms with E-state index < -0.39 is 17.2 Å². The number of carboxylic acid groups (broad SMARTS) is 1. The molecule has 0 bridgehead atoms. The largest absolute Gasteiger partial charge is 0.481 e. The first-order valence-electron chi connectivity index (χ1n) is 4.99.